The zero-order valence-corrected chi connectivity index (χ0v) is 15.0. The Kier molecular flexibility index (Phi) is 8.01. The zero-order valence-electron chi connectivity index (χ0n) is 15.0. The molecule has 26 heavy (non-hydrogen) atoms. The number of carbonyl (C=O) groups is 1. The van der Waals surface area contributed by atoms with Crippen molar-refractivity contribution in [2.24, 2.45) is 0 Å². The summed E-state index contributed by atoms with van der Waals surface area (Å²) in [5.41, 5.74) is 0.817. The Morgan fingerprint density at radius 2 is 2.04 bits per heavy atom. The van der Waals surface area contributed by atoms with Gasteiger partial charge in [0.25, 0.3) is 5.91 Å². The molecule has 5 nitrogen and oxygen atoms in total. The van der Waals surface area contributed by atoms with Crippen LogP contribution >= 0.6 is 0 Å². The van der Waals surface area contributed by atoms with Gasteiger partial charge in [0.1, 0.15) is 23.2 Å². The molecule has 1 aromatic heterocycles. The predicted octanol–water partition coefficient (Wildman–Crippen LogP) is 4.46. The average Bonchev–Trinajstić information content (AvgIpc) is 3.18. The maximum atomic E-state index is 12.1. The molecule has 0 atom stereocenters. The van der Waals surface area contributed by atoms with Gasteiger partial charge in [0.15, 0.2) is 0 Å². The van der Waals surface area contributed by atoms with Crippen molar-refractivity contribution in [2.45, 2.75) is 39.2 Å². The summed E-state index contributed by atoms with van der Waals surface area (Å²) in [4.78, 5) is 12.1. The van der Waals surface area contributed by atoms with Gasteiger partial charge in [0.05, 0.1) is 19.4 Å². The third kappa shape index (κ3) is 6.48. The molecular formula is C21H24N2O3. The Morgan fingerprint density at radius 3 is 2.69 bits per heavy atom. The summed E-state index contributed by atoms with van der Waals surface area (Å²) in [5, 5.41) is 11.9. The minimum atomic E-state index is -0.430. The highest BCUT2D eigenvalue weighted by atomic mass is 16.5. The van der Waals surface area contributed by atoms with Crippen LogP contribution in [-0.4, -0.2) is 12.5 Å². The zero-order chi connectivity index (χ0) is 18.6. The van der Waals surface area contributed by atoms with Crippen molar-refractivity contribution in [3.05, 3.63) is 59.6 Å². The van der Waals surface area contributed by atoms with E-state index in [-0.39, 0.29) is 12.1 Å². The molecule has 0 aliphatic rings. The number of nitrogens with one attached hydrogen (secondary N) is 1. The Hall–Kier alpha value is -3.00. The summed E-state index contributed by atoms with van der Waals surface area (Å²) in [5.74, 6) is 0.996. The molecule has 136 valence electrons. The van der Waals surface area contributed by atoms with Gasteiger partial charge in [-0.1, -0.05) is 38.3 Å². The van der Waals surface area contributed by atoms with Crippen LogP contribution in [0.2, 0.25) is 0 Å². The first-order chi connectivity index (χ1) is 12.7. The molecule has 0 spiro atoms. The summed E-state index contributed by atoms with van der Waals surface area (Å²) >= 11 is 0. The maximum Gasteiger partial charge on any atom is 0.262 e. The molecule has 1 amide bonds. The van der Waals surface area contributed by atoms with Gasteiger partial charge in [-0.2, -0.15) is 5.26 Å². The molecular weight excluding hydrogens is 328 g/mol. The molecule has 0 fully saturated rings. The van der Waals surface area contributed by atoms with E-state index in [1.165, 1.54) is 25.5 Å². The topological polar surface area (TPSA) is 75.3 Å². The van der Waals surface area contributed by atoms with Crippen molar-refractivity contribution in [2.75, 3.05) is 6.61 Å². The third-order valence-corrected chi connectivity index (χ3v) is 3.83. The number of furan rings is 1. The first-order valence-electron chi connectivity index (χ1n) is 8.88. The molecule has 5 heteroatoms. The van der Waals surface area contributed by atoms with Crippen LogP contribution in [0.3, 0.4) is 0 Å². The van der Waals surface area contributed by atoms with E-state index < -0.39 is 5.91 Å². The number of carbonyl (C=O) groups excluding carboxylic acids is 1. The van der Waals surface area contributed by atoms with E-state index in [9.17, 15) is 10.1 Å². The van der Waals surface area contributed by atoms with Gasteiger partial charge in [0, 0.05) is 0 Å². The van der Waals surface area contributed by atoms with Crippen LogP contribution in [-0.2, 0) is 11.3 Å². The lowest BCUT2D eigenvalue weighted by Gasteiger charge is -2.06. The Balaban J connectivity index is 1.87. The lowest BCUT2D eigenvalue weighted by atomic mass is 10.1. The van der Waals surface area contributed by atoms with Crippen molar-refractivity contribution in [1.29, 1.82) is 5.26 Å². The van der Waals surface area contributed by atoms with E-state index in [4.69, 9.17) is 9.15 Å². The van der Waals surface area contributed by atoms with Crippen molar-refractivity contribution < 1.29 is 13.9 Å². The average molecular weight is 352 g/mol. The van der Waals surface area contributed by atoms with Crippen molar-refractivity contribution in [3.63, 3.8) is 0 Å². The van der Waals surface area contributed by atoms with Crippen molar-refractivity contribution in [3.8, 4) is 11.8 Å². The second-order valence-electron chi connectivity index (χ2n) is 5.91. The molecule has 0 saturated heterocycles. The van der Waals surface area contributed by atoms with Crippen LogP contribution in [0.4, 0.5) is 0 Å². The number of nitrogens with zero attached hydrogens (tertiary/aromatic N) is 1. The van der Waals surface area contributed by atoms with Gasteiger partial charge in [-0.15, -0.1) is 0 Å². The van der Waals surface area contributed by atoms with Gasteiger partial charge in [-0.05, 0) is 42.3 Å². The van der Waals surface area contributed by atoms with Gasteiger partial charge in [-0.25, -0.2) is 0 Å². The highest BCUT2D eigenvalue weighted by Gasteiger charge is 2.09. The normalized spacial score (nSPS) is 11.0. The number of unbranched alkanes of at least 4 members (excludes halogenated alkanes) is 3. The fourth-order valence-corrected chi connectivity index (χ4v) is 2.37. The van der Waals surface area contributed by atoms with E-state index in [2.05, 4.69) is 12.2 Å². The molecule has 1 N–H and O–H groups in total. The van der Waals surface area contributed by atoms with Crippen molar-refractivity contribution >= 4 is 12.0 Å². The summed E-state index contributed by atoms with van der Waals surface area (Å²) in [6, 6.07) is 12.8. The standard InChI is InChI=1S/C21H24N2O3/c1-2-3-4-5-12-25-19-10-8-17(9-11-19)14-18(15-22)21(24)23-16-20-7-6-13-26-20/h6-11,13-14H,2-5,12,16H2,1H3,(H,23,24). The molecule has 1 heterocycles. The van der Waals surface area contributed by atoms with Crippen LogP contribution in [0.5, 0.6) is 5.75 Å². The lowest BCUT2D eigenvalue weighted by molar-refractivity contribution is -0.117. The number of benzene rings is 1. The number of nitriles is 1. The number of hydrogen-bond acceptors (Lipinski definition) is 4. The summed E-state index contributed by atoms with van der Waals surface area (Å²) in [7, 11) is 0. The van der Waals surface area contributed by atoms with Crippen LogP contribution in [0, 0.1) is 11.3 Å². The maximum absolute atomic E-state index is 12.1. The van der Waals surface area contributed by atoms with Crippen LogP contribution in [0.25, 0.3) is 6.08 Å². The monoisotopic (exact) mass is 352 g/mol. The lowest BCUT2D eigenvalue weighted by Crippen LogP contribution is -2.23. The Morgan fingerprint density at radius 1 is 1.23 bits per heavy atom. The van der Waals surface area contributed by atoms with E-state index in [1.54, 1.807) is 18.2 Å². The van der Waals surface area contributed by atoms with Crippen LogP contribution < -0.4 is 10.1 Å². The molecule has 2 aromatic rings. The molecule has 0 unspecified atom stereocenters. The SMILES string of the molecule is CCCCCCOc1ccc(C=C(C#N)C(=O)NCc2ccco2)cc1. The Labute approximate surface area is 154 Å². The Bertz CT molecular complexity index is 741. The molecule has 0 aliphatic carbocycles. The van der Waals surface area contributed by atoms with E-state index in [0.29, 0.717) is 12.4 Å². The molecule has 0 aliphatic heterocycles. The molecule has 0 radical (unpaired) electrons. The van der Waals surface area contributed by atoms with Gasteiger partial charge in [-0.3, -0.25) is 4.79 Å². The predicted molar refractivity (Wildman–Crippen MR) is 100 cm³/mol. The molecule has 0 saturated carbocycles. The second-order valence-corrected chi connectivity index (χ2v) is 5.91. The van der Waals surface area contributed by atoms with Crippen LogP contribution in [0.15, 0.2) is 52.7 Å². The van der Waals surface area contributed by atoms with E-state index >= 15 is 0 Å². The van der Waals surface area contributed by atoms with Crippen LogP contribution in [0.1, 0.15) is 43.9 Å². The largest absolute Gasteiger partial charge is 0.494 e. The minimum absolute atomic E-state index is 0.0461. The van der Waals surface area contributed by atoms with Gasteiger partial charge < -0.3 is 14.5 Å². The number of hydrogen-bond donors (Lipinski definition) is 1. The summed E-state index contributed by atoms with van der Waals surface area (Å²) < 4.78 is 10.8. The first kappa shape index (κ1) is 19.3. The quantitative estimate of drug-likeness (QED) is 0.389. The smallest absolute Gasteiger partial charge is 0.262 e. The minimum Gasteiger partial charge on any atom is -0.494 e. The summed E-state index contributed by atoms with van der Waals surface area (Å²) in [6.45, 7) is 3.13. The molecule has 0 bridgehead atoms. The number of rotatable bonds is 10. The van der Waals surface area contributed by atoms with E-state index in [1.807, 2.05) is 30.3 Å². The highest BCUT2D eigenvalue weighted by Crippen LogP contribution is 2.15. The third-order valence-electron chi connectivity index (χ3n) is 3.83. The van der Waals surface area contributed by atoms with E-state index in [0.717, 1.165) is 17.7 Å². The van der Waals surface area contributed by atoms with Gasteiger partial charge >= 0.3 is 0 Å². The second kappa shape index (κ2) is 10.8. The fraction of sp³-hybridized carbons (Fsp3) is 0.333. The van der Waals surface area contributed by atoms with Gasteiger partial charge in [0.2, 0.25) is 0 Å². The highest BCUT2D eigenvalue weighted by molar-refractivity contribution is 6.01. The summed E-state index contributed by atoms with van der Waals surface area (Å²) in [6.07, 6.45) is 7.75. The number of amides is 1. The molecule has 2 rings (SSSR count). The molecule has 1 aromatic carbocycles. The first-order valence-corrected chi connectivity index (χ1v) is 8.88. The number of ether oxygens (including phenoxy) is 1. The fourth-order valence-electron chi connectivity index (χ4n) is 2.37. The van der Waals surface area contributed by atoms with Crippen molar-refractivity contribution in [1.82, 2.24) is 5.32 Å².